The Morgan fingerprint density at radius 1 is 1.40 bits per heavy atom. The van der Waals surface area contributed by atoms with Crippen LogP contribution in [-0.2, 0) is 4.79 Å². The van der Waals surface area contributed by atoms with Gasteiger partial charge >= 0.3 is 0 Å². The maximum absolute atomic E-state index is 10.9. The second-order valence-corrected chi connectivity index (χ2v) is 6.06. The number of amides is 1. The van der Waals surface area contributed by atoms with E-state index in [9.17, 15) is 4.79 Å². The summed E-state index contributed by atoms with van der Waals surface area (Å²) in [4.78, 5) is 11.9. The third kappa shape index (κ3) is 4.05. The monoisotopic (exact) mass is 354 g/mol. The van der Waals surface area contributed by atoms with Crippen molar-refractivity contribution >= 4 is 39.3 Å². The average Bonchev–Trinajstić information content (AvgIpc) is 2.84. The minimum atomic E-state index is -0.326. The molecule has 0 fully saturated rings. The van der Waals surface area contributed by atoms with Crippen molar-refractivity contribution in [3.05, 3.63) is 46.8 Å². The van der Waals surface area contributed by atoms with Crippen LogP contribution in [0.25, 0.3) is 0 Å². The van der Waals surface area contributed by atoms with Crippen molar-refractivity contribution in [1.29, 1.82) is 0 Å². The molecule has 20 heavy (non-hydrogen) atoms. The fourth-order valence-corrected chi connectivity index (χ4v) is 2.80. The van der Waals surface area contributed by atoms with Crippen molar-refractivity contribution in [2.24, 2.45) is 5.73 Å². The van der Waals surface area contributed by atoms with Gasteiger partial charge in [0.15, 0.2) is 4.67 Å². The van der Waals surface area contributed by atoms with E-state index in [4.69, 9.17) is 10.2 Å². The summed E-state index contributed by atoms with van der Waals surface area (Å²) in [7, 11) is 0. The van der Waals surface area contributed by atoms with Crippen molar-refractivity contribution < 1.29 is 9.21 Å². The van der Waals surface area contributed by atoms with Crippen molar-refractivity contribution in [2.75, 3.05) is 11.1 Å². The number of nitrogens with two attached hydrogens (primary N) is 1. The van der Waals surface area contributed by atoms with E-state index < -0.39 is 0 Å². The van der Waals surface area contributed by atoms with Gasteiger partial charge < -0.3 is 15.5 Å². The molecule has 0 aliphatic carbocycles. The standard InChI is InChI=1S/C14H15BrN2O2S/c1-9(11-6-7-13(15)19-11)17-10-4-2-3-5-12(10)20-8-14(16)18/h2-7,9,17H,8H2,1H3,(H2,16,18). The highest BCUT2D eigenvalue weighted by atomic mass is 79.9. The van der Waals surface area contributed by atoms with Crippen LogP contribution in [0.1, 0.15) is 18.7 Å². The number of para-hydroxylation sites is 1. The van der Waals surface area contributed by atoms with Gasteiger partial charge in [-0.1, -0.05) is 12.1 Å². The van der Waals surface area contributed by atoms with E-state index in [1.807, 2.05) is 43.3 Å². The Hall–Kier alpha value is -1.40. The van der Waals surface area contributed by atoms with Crippen molar-refractivity contribution in [1.82, 2.24) is 0 Å². The van der Waals surface area contributed by atoms with Crippen LogP contribution in [-0.4, -0.2) is 11.7 Å². The largest absolute Gasteiger partial charge is 0.452 e. The average molecular weight is 355 g/mol. The Labute approximate surface area is 130 Å². The zero-order chi connectivity index (χ0) is 14.5. The molecule has 2 aromatic rings. The zero-order valence-electron chi connectivity index (χ0n) is 10.9. The van der Waals surface area contributed by atoms with Crippen LogP contribution in [0.5, 0.6) is 0 Å². The lowest BCUT2D eigenvalue weighted by Crippen LogP contribution is -2.13. The number of carbonyl (C=O) groups excluding carboxylic acids is 1. The lowest BCUT2D eigenvalue weighted by molar-refractivity contribution is -0.115. The van der Waals surface area contributed by atoms with Gasteiger partial charge in [0.1, 0.15) is 5.76 Å². The summed E-state index contributed by atoms with van der Waals surface area (Å²) in [6.07, 6.45) is 0. The molecule has 3 N–H and O–H groups in total. The lowest BCUT2D eigenvalue weighted by Gasteiger charge is -2.16. The summed E-state index contributed by atoms with van der Waals surface area (Å²) in [6.45, 7) is 2.01. The Kier molecular flexibility index (Phi) is 5.14. The van der Waals surface area contributed by atoms with Gasteiger partial charge in [0, 0.05) is 10.6 Å². The van der Waals surface area contributed by atoms with E-state index in [2.05, 4.69) is 21.2 Å². The van der Waals surface area contributed by atoms with E-state index in [1.165, 1.54) is 11.8 Å². The van der Waals surface area contributed by atoms with E-state index in [1.54, 1.807) is 0 Å². The van der Waals surface area contributed by atoms with Gasteiger partial charge in [0.05, 0.1) is 11.8 Å². The molecule has 1 aromatic carbocycles. The zero-order valence-corrected chi connectivity index (χ0v) is 13.3. The topological polar surface area (TPSA) is 68.3 Å². The molecule has 0 spiro atoms. The summed E-state index contributed by atoms with van der Waals surface area (Å²) >= 11 is 4.71. The third-order valence-corrected chi connectivity index (χ3v) is 4.17. The number of primary amides is 1. The Balaban J connectivity index is 2.10. The maximum Gasteiger partial charge on any atom is 0.227 e. The van der Waals surface area contributed by atoms with Gasteiger partial charge in [-0.25, -0.2) is 0 Å². The lowest BCUT2D eigenvalue weighted by atomic mass is 10.2. The predicted molar refractivity (Wildman–Crippen MR) is 84.8 cm³/mol. The molecule has 1 heterocycles. The van der Waals surface area contributed by atoms with Crippen LogP contribution in [0, 0.1) is 0 Å². The third-order valence-electron chi connectivity index (χ3n) is 2.65. The highest BCUT2D eigenvalue weighted by Gasteiger charge is 2.12. The van der Waals surface area contributed by atoms with E-state index in [0.717, 1.165) is 16.3 Å². The quantitative estimate of drug-likeness (QED) is 0.774. The van der Waals surface area contributed by atoms with Gasteiger partial charge in [0.2, 0.25) is 5.91 Å². The number of carbonyl (C=O) groups is 1. The van der Waals surface area contributed by atoms with Crippen LogP contribution in [0.4, 0.5) is 5.69 Å². The SMILES string of the molecule is CC(Nc1ccccc1SCC(N)=O)c1ccc(Br)o1. The van der Waals surface area contributed by atoms with Crippen molar-refractivity contribution in [3.8, 4) is 0 Å². The first kappa shape index (κ1) is 15.0. The normalized spacial score (nSPS) is 12.1. The summed E-state index contributed by atoms with van der Waals surface area (Å²) in [6, 6.07) is 11.6. The summed E-state index contributed by atoms with van der Waals surface area (Å²) in [5.74, 6) is 0.777. The molecule has 1 aromatic heterocycles. The Morgan fingerprint density at radius 3 is 2.80 bits per heavy atom. The predicted octanol–water partition coefficient (Wildman–Crippen LogP) is 3.79. The number of rotatable bonds is 6. The minimum Gasteiger partial charge on any atom is -0.452 e. The molecule has 0 bridgehead atoms. The fourth-order valence-electron chi connectivity index (χ4n) is 1.73. The molecule has 2 rings (SSSR count). The fraction of sp³-hybridized carbons (Fsp3) is 0.214. The van der Waals surface area contributed by atoms with Crippen LogP contribution in [0.2, 0.25) is 0 Å². The number of nitrogens with one attached hydrogen (secondary N) is 1. The van der Waals surface area contributed by atoms with E-state index in [0.29, 0.717) is 4.67 Å². The number of anilines is 1. The van der Waals surface area contributed by atoms with Gasteiger partial charge in [-0.15, -0.1) is 11.8 Å². The number of thioether (sulfide) groups is 1. The molecule has 0 radical (unpaired) electrons. The van der Waals surface area contributed by atoms with Crippen LogP contribution < -0.4 is 11.1 Å². The summed E-state index contributed by atoms with van der Waals surface area (Å²) < 4.78 is 6.23. The molecule has 4 nitrogen and oxygen atoms in total. The van der Waals surface area contributed by atoms with Gasteiger partial charge in [0.25, 0.3) is 0 Å². The highest BCUT2D eigenvalue weighted by molar-refractivity contribution is 9.10. The van der Waals surface area contributed by atoms with E-state index in [-0.39, 0.29) is 17.7 Å². The number of benzene rings is 1. The minimum absolute atomic E-state index is 0.0247. The Bertz CT molecular complexity index is 600. The van der Waals surface area contributed by atoms with Gasteiger partial charge in [-0.2, -0.15) is 0 Å². The smallest absolute Gasteiger partial charge is 0.227 e. The van der Waals surface area contributed by atoms with Crippen molar-refractivity contribution in [3.63, 3.8) is 0 Å². The van der Waals surface area contributed by atoms with Crippen molar-refractivity contribution in [2.45, 2.75) is 17.9 Å². The molecule has 6 heteroatoms. The van der Waals surface area contributed by atoms with Gasteiger partial charge in [-0.05, 0) is 47.1 Å². The number of halogens is 1. The number of hydrogen-bond donors (Lipinski definition) is 2. The second kappa shape index (κ2) is 6.85. The first-order valence-electron chi connectivity index (χ1n) is 6.08. The van der Waals surface area contributed by atoms with E-state index >= 15 is 0 Å². The highest BCUT2D eigenvalue weighted by Crippen LogP contribution is 2.30. The second-order valence-electron chi connectivity index (χ2n) is 4.26. The maximum atomic E-state index is 10.9. The first-order chi connectivity index (χ1) is 9.56. The first-order valence-corrected chi connectivity index (χ1v) is 7.86. The molecule has 0 saturated heterocycles. The molecule has 0 aliphatic heterocycles. The van der Waals surface area contributed by atoms with Gasteiger partial charge in [-0.3, -0.25) is 4.79 Å². The summed E-state index contributed by atoms with van der Waals surface area (Å²) in [5, 5.41) is 3.38. The molecule has 1 amide bonds. The van der Waals surface area contributed by atoms with Crippen LogP contribution in [0.3, 0.4) is 0 Å². The molecule has 0 aliphatic rings. The molecule has 1 unspecified atom stereocenters. The molecule has 0 saturated carbocycles. The number of furan rings is 1. The Morgan fingerprint density at radius 2 is 2.15 bits per heavy atom. The molecule has 106 valence electrons. The van der Waals surface area contributed by atoms with Crippen LogP contribution in [0.15, 0.2) is 50.4 Å². The molecular weight excluding hydrogens is 340 g/mol. The van der Waals surface area contributed by atoms with Crippen LogP contribution >= 0.6 is 27.7 Å². The molecular formula is C14H15BrN2O2S. The molecule has 1 atom stereocenters. The summed E-state index contributed by atoms with van der Waals surface area (Å²) in [5.41, 5.74) is 6.14. The number of hydrogen-bond acceptors (Lipinski definition) is 4.